The van der Waals surface area contributed by atoms with Crippen LogP contribution in [0.2, 0.25) is 0 Å². The van der Waals surface area contributed by atoms with Gasteiger partial charge in [0.05, 0.1) is 32.5 Å². The van der Waals surface area contributed by atoms with Crippen molar-refractivity contribution < 1.29 is 76.2 Å². The number of carbonyl (C=O) groups is 6. The van der Waals surface area contributed by atoms with Crippen molar-refractivity contribution in [3.8, 4) is 0 Å². The molecule has 284 valence electrons. The van der Waals surface area contributed by atoms with Gasteiger partial charge in [0.25, 0.3) is 5.97 Å². The van der Waals surface area contributed by atoms with E-state index >= 15 is 0 Å². The summed E-state index contributed by atoms with van der Waals surface area (Å²) in [4.78, 5) is 81.4. The van der Waals surface area contributed by atoms with Gasteiger partial charge >= 0.3 is 29.8 Å². The van der Waals surface area contributed by atoms with E-state index in [4.69, 9.17) is 42.3 Å². The molecular weight excluding hydrogens is 688 g/mol. The lowest BCUT2D eigenvalue weighted by Crippen LogP contribution is -3.06. The lowest BCUT2D eigenvalue weighted by atomic mass is 9.22. The minimum atomic E-state index is -2.48. The van der Waals surface area contributed by atoms with E-state index in [-0.39, 0.29) is 24.8 Å². The summed E-state index contributed by atoms with van der Waals surface area (Å²) in [7, 11) is 2.37. The molecule has 0 aromatic carbocycles. The number of carbonyl (C=O) groups excluding carboxylic acids is 6. The van der Waals surface area contributed by atoms with Gasteiger partial charge in [-0.2, -0.15) is 0 Å². The van der Waals surface area contributed by atoms with Gasteiger partial charge in [0.2, 0.25) is 0 Å². The van der Waals surface area contributed by atoms with Crippen molar-refractivity contribution in [2.24, 2.45) is 28.6 Å². The lowest BCUT2D eigenvalue weighted by Gasteiger charge is -2.87. The SMILES string of the molecule is COC(=O)C[C@H]1[C@H](C)[C@@]2(OC(C)=O)C[C@]34OC5(C)O[C@@]6([C@H](OC(C)=O)[C@]32O)[C@H](CC(=O)OC)[C@](C)(C(=O)c2ccoc2)C[C@@H](OC(C)=O)[C@]6(O5)[C@]14C. The number of methoxy groups -OCH3 is 2. The summed E-state index contributed by atoms with van der Waals surface area (Å²) in [6.45, 7) is 9.81. The normalized spacial score (nSPS) is 47.3. The Morgan fingerprint density at radius 2 is 1.52 bits per heavy atom. The van der Waals surface area contributed by atoms with E-state index in [1.165, 1.54) is 39.5 Å². The Kier molecular flexibility index (Phi) is 7.62. The molecule has 0 radical (unpaired) electrons. The van der Waals surface area contributed by atoms with Crippen LogP contribution in [-0.2, 0) is 61.9 Å². The van der Waals surface area contributed by atoms with E-state index < -0.39 is 117 Å². The van der Waals surface area contributed by atoms with E-state index in [0.717, 1.165) is 21.0 Å². The molecule has 6 bridgehead atoms. The van der Waals surface area contributed by atoms with Crippen LogP contribution >= 0.6 is 0 Å². The minimum Gasteiger partial charge on any atom is -0.472 e. The molecular formula is C36H44O16. The number of Topliss-reactive ketones (excluding diaryl/α,β-unsaturated/α-hetero) is 1. The molecule has 16 nitrogen and oxygen atoms in total. The van der Waals surface area contributed by atoms with Crippen LogP contribution in [-0.4, -0.2) is 101 Å². The first-order valence-electron chi connectivity index (χ1n) is 17.2. The number of esters is 5. The molecule has 1 aromatic heterocycles. The highest BCUT2D eigenvalue weighted by Crippen LogP contribution is 2.89. The molecule has 3 heterocycles. The van der Waals surface area contributed by atoms with Crippen LogP contribution in [0.3, 0.4) is 0 Å². The largest absolute Gasteiger partial charge is 0.472 e. The zero-order valence-corrected chi connectivity index (χ0v) is 30.5. The molecule has 2 aliphatic heterocycles. The number of ketones is 1. The summed E-state index contributed by atoms with van der Waals surface area (Å²) >= 11 is 0. The second-order valence-electron chi connectivity index (χ2n) is 15.7. The van der Waals surface area contributed by atoms with Crippen molar-refractivity contribution in [1.82, 2.24) is 0 Å². The third-order valence-corrected chi connectivity index (χ3v) is 13.7. The highest BCUT2D eigenvalue weighted by atomic mass is 16.9. The van der Waals surface area contributed by atoms with Crippen LogP contribution in [0.25, 0.3) is 0 Å². The summed E-state index contributed by atoms with van der Waals surface area (Å²) in [5.74, 6) is -9.83. The van der Waals surface area contributed by atoms with Gasteiger partial charge in [0.1, 0.15) is 18.0 Å². The Morgan fingerprint density at radius 3 is 2.08 bits per heavy atom. The number of fused-ring (bicyclic) bond motifs is 2. The first kappa shape index (κ1) is 36.5. The maximum Gasteiger partial charge on any atom is 0.305 e. The predicted octanol–water partition coefficient (Wildman–Crippen LogP) is 2.17. The van der Waals surface area contributed by atoms with Crippen molar-refractivity contribution in [1.29, 1.82) is 0 Å². The standard InChI is InChI=1S/C36H44O16/c1-17-22(12-25(40)44-8)30(6)33-16-32(17,49-20(4)39)35(33,43)28(48-19(3)38)34-23(13-26(41)45-9)29(5,27(42)21-10-11-46-15-21)14-24(47-18(2)37)36(30,34)52-31(7,50-33)51-34/h10-11,15,17,22-24,28,43H,12-14,16H2,1-9H3/t17-,22-,23+,24+,28-,29+,30+,31?,32-,33+,34+,35+,36-/m0/s1. The monoisotopic (exact) mass is 732 g/mol. The Bertz CT molecular complexity index is 1770. The molecule has 7 fully saturated rings. The van der Waals surface area contributed by atoms with Crippen LogP contribution < -0.4 is 0 Å². The first-order valence-corrected chi connectivity index (χ1v) is 17.2. The van der Waals surface area contributed by atoms with Gasteiger partial charge in [0.15, 0.2) is 34.3 Å². The van der Waals surface area contributed by atoms with Crippen molar-refractivity contribution in [3.05, 3.63) is 24.2 Å². The molecule has 16 heteroatoms. The van der Waals surface area contributed by atoms with Crippen LogP contribution in [0.5, 0.6) is 0 Å². The first-order chi connectivity index (χ1) is 24.2. The summed E-state index contributed by atoms with van der Waals surface area (Å²) in [5, 5.41) is 13.7. The van der Waals surface area contributed by atoms with Gasteiger partial charge in [-0.25, -0.2) is 0 Å². The van der Waals surface area contributed by atoms with Gasteiger partial charge in [-0.3, -0.25) is 28.8 Å². The summed E-state index contributed by atoms with van der Waals surface area (Å²) < 4.78 is 55.0. The Balaban J connectivity index is 1.66. The number of hydrogen-bond donors (Lipinski definition) is 1. The Labute approximate surface area is 299 Å². The summed E-state index contributed by atoms with van der Waals surface area (Å²) in [6, 6.07) is 1.43. The van der Waals surface area contributed by atoms with Crippen LogP contribution in [0, 0.1) is 28.6 Å². The van der Waals surface area contributed by atoms with E-state index in [2.05, 4.69) is 0 Å². The predicted molar refractivity (Wildman–Crippen MR) is 168 cm³/mol. The highest BCUT2D eigenvalue weighted by Gasteiger charge is 3.07. The molecule has 1 unspecified atom stereocenters. The summed E-state index contributed by atoms with van der Waals surface area (Å²) in [6.07, 6.45) is -2.16. The molecule has 13 atom stereocenters. The van der Waals surface area contributed by atoms with Crippen molar-refractivity contribution in [2.75, 3.05) is 14.2 Å². The smallest absolute Gasteiger partial charge is 0.305 e. The van der Waals surface area contributed by atoms with E-state index in [1.807, 2.05) is 0 Å². The Morgan fingerprint density at radius 1 is 0.885 bits per heavy atom. The molecule has 8 rings (SSSR count). The quantitative estimate of drug-likeness (QED) is 0.219. The minimum absolute atomic E-state index is 0.105. The number of ether oxygens (including phenoxy) is 8. The van der Waals surface area contributed by atoms with Gasteiger partial charge < -0.3 is 47.4 Å². The van der Waals surface area contributed by atoms with Gasteiger partial charge in [0, 0.05) is 69.6 Å². The molecule has 2 saturated heterocycles. The number of rotatable bonds is 9. The molecule has 7 aliphatic rings. The third kappa shape index (κ3) is 3.76. The average Bonchev–Trinajstić information content (AvgIpc) is 3.67. The third-order valence-electron chi connectivity index (χ3n) is 13.7. The molecule has 1 aromatic rings. The molecule has 1 N–H and O–H groups in total. The number of furan rings is 1. The van der Waals surface area contributed by atoms with Crippen LogP contribution in [0.4, 0.5) is 0 Å². The molecule has 5 saturated carbocycles. The fraction of sp³-hybridized carbons (Fsp3) is 0.722. The Hall–Kier alpha value is -3.86. The van der Waals surface area contributed by atoms with Crippen LogP contribution in [0.15, 0.2) is 23.0 Å². The van der Waals surface area contributed by atoms with Gasteiger partial charge in [-0.15, -0.1) is 0 Å². The second-order valence-corrected chi connectivity index (χ2v) is 15.7. The van der Waals surface area contributed by atoms with E-state index in [9.17, 15) is 33.9 Å². The van der Waals surface area contributed by atoms with E-state index in [0.29, 0.717) is 0 Å². The fourth-order valence-electron chi connectivity index (χ4n) is 12.2. The van der Waals surface area contributed by atoms with Crippen molar-refractivity contribution in [2.45, 2.75) is 120 Å². The molecule has 0 amide bonds. The van der Waals surface area contributed by atoms with E-state index in [1.54, 1.807) is 20.8 Å². The van der Waals surface area contributed by atoms with Gasteiger partial charge in [-0.05, 0) is 12.0 Å². The van der Waals surface area contributed by atoms with Crippen molar-refractivity contribution in [3.63, 3.8) is 0 Å². The lowest BCUT2D eigenvalue weighted by molar-refractivity contribution is -0.560. The highest BCUT2D eigenvalue weighted by molar-refractivity contribution is 6.01. The fourth-order valence-corrected chi connectivity index (χ4v) is 12.2. The molecule has 5 aliphatic carbocycles. The number of aliphatic hydroxyl groups is 1. The molecule has 52 heavy (non-hydrogen) atoms. The topological polar surface area (TPSA) is 210 Å². The zero-order chi connectivity index (χ0) is 38.2. The summed E-state index contributed by atoms with van der Waals surface area (Å²) in [5.41, 5.74) is -13.9. The maximum absolute atomic E-state index is 14.9. The average molecular weight is 733 g/mol. The van der Waals surface area contributed by atoms with Gasteiger partial charge in [-0.1, -0.05) is 20.8 Å². The number of hydrogen-bond acceptors (Lipinski definition) is 16. The van der Waals surface area contributed by atoms with Crippen LogP contribution in [0.1, 0.15) is 84.5 Å². The zero-order valence-electron chi connectivity index (χ0n) is 30.5. The van der Waals surface area contributed by atoms with Crippen molar-refractivity contribution >= 4 is 35.6 Å². The molecule has 2 spiro atoms. The maximum atomic E-state index is 14.9. The second kappa shape index (κ2) is 10.9.